The normalized spacial score (nSPS) is 16.9. The van der Waals surface area contributed by atoms with Crippen molar-refractivity contribution in [2.45, 2.75) is 13.0 Å². The van der Waals surface area contributed by atoms with Crippen molar-refractivity contribution in [2.24, 2.45) is 0 Å². The van der Waals surface area contributed by atoms with Crippen LogP contribution in [0.15, 0.2) is 12.1 Å². The van der Waals surface area contributed by atoms with Crippen LogP contribution in [0.2, 0.25) is 0 Å². The molecule has 1 N–H and O–H groups in total. The number of amides is 1. The van der Waals surface area contributed by atoms with Crippen LogP contribution in [0.5, 0.6) is 0 Å². The first kappa shape index (κ1) is 18.6. The lowest BCUT2D eigenvalue weighted by Gasteiger charge is -2.35. The second kappa shape index (κ2) is 8.91. The highest BCUT2D eigenvalue weighted by Gasteiger charge is 2.24. The number of β-amino-alcohol motifs (C(OH)–C–C–N with tert-alkyl or cyclic N) is 1. The molecule has 0 bridgehead atoms. The second-order valence-electron chi connectivity index (χ2n) is 6.08. The first-order valence-electron chi connectivity index (χ1n) is 8.29. The van der Waals surface area contributed by atoms with Gasteiger partial charge in [-0.05, 0) is 19.1 Å². The zero-order chi connectivity index (χ0) is 17.5. The van der Waals surface area contributed by atoms with E-state index in [1.54, 1.807) is 17.0 Å². The molecule has 1 aromatic heterocycles. The molecule has 0 spiro atoms. The molecule has 1 amide bonds. The third kappa shape index (κ3) is 5.12. The zero-order valence-electron chi connectivity index (χ0n) is 14.7. The summed E-state index contributed by atoms with van der Waals surface area (Å²) in [5.74, 6) is 0.627. The van der Waals surface area contributed by atoms with Crippen LogP contribution >= 0.6 is 0 Å². The van der Waals surface area contributed by atoms with Crippen LogP contribution in [0.25, 0.3) is 0 Å². The van der Waals surface area contributed by atoms with Gasteiger partial charge in [-0.3, -0.25) is 9.69 Å². The Labute approximate surface area is 143 Å². The van der Waals surface area contributed by atoms with Gasteiger partial charge in [-0.25, -0.2) is 0 Å². The standard InChI is InChI=1S/C16H27N5O3/c1-4-24-12-13(22)11-20-7-9-21(10-8-20)16(23)14-5-6-15(18-17-14)19(2)3/h5-6,13,22H,4,7-12H2,1-3H3/t13-/m0/s1. The molecule has 0 aromatic carbocycles. The van der Waals surface area contributed by atoms with Crippen molar-refractivity contribution in [2.75, 3.05) is 64.9 Å². The SMILES string of the molecule is CCOC[C@@H](O)CN1CCN(C(=O)c2ccc(N(C)C)nn2)CC1. The van der Waals surface area contributed by atoms with Crippen LogP contribution in [-0.2, 0) is 4.74 Å². The number of aliphatic hydroxyl groups excluding tert-OH is 1. The fraction of sp³-hybridized carbons (Fsp3) is 0.688. The summed E-state index contributed by atoms with van der Waals surface area (Å²) >= 11 is 0. The van der Waals surface area contributed by atoms with Gasteiger partial charge in [0.15, 0.2) is 11.5 Å². The number of piperazine rings is 1. The van der Waals surface area contributed by atoms with E-state index in [0.29, 0.717) is 38.5 Å². The summed E-state index contributed by atoms with van der Waals surface area (Å²) in [5, 5.41) is 18.0. The van der Waals surface area contributed by atoms with Crippen LogP contribution in [0.4, 0.5) is 5.82 Å². The summed E-state index contributed by atoms with van der Waals surface area (Å²) in [7, 11) is 3.76. The lowest BCUT2D eigenvalue weighted by Crippen LogP contribution is -2.51. The largest absolute Gasteiger partial charge is 0.389 e. The maximum atomic E-state index is 12.5. The molecular formula is C16H27N5O3. The molecule has 2 heterocycles. The van der Waals surface area contributed by atoms with E-state index < -0.39 is 6.10 Å². The number of aromatic nitrogens is 2. The Bertz CT molecular complexity index is 515. The molecule has 8 heteroatoms. The highest BCUT2D eigenvalue weighted by Crippen LogP contribution is 2.10. The maximum absolute atomic E-state index is 12.5. The number of ether oxygens (including phenoxy) is 1. The number of nitrogens with zero attached hydrogens (tertiary/aromatic N) is 5. The molecule has 8 nitrogen and oxygen atoms in total. The van der Waals surface area contributed by atoms with Gasteiger partial charge in [0.25, 0.3) is 5.91 Å². The van der Waals surface area contributed by atoms with E-state index in [2.05, 4.69) is 15.1 Å². The minimum atomic E-state index is -0.489. The summed E-state index contributed by atoms with van der Waals surface area (Å²) in [6, 6.07) is 3.50. The molecule has 0 saturated carbocycles. The molecule has 0 unspecified atom stereocenters. The number of hydrogen-bond donors (Lipinski definition) is 1. The first-order valence-corrected chi connectivity index (χ1v) is 8.29. The third-order valence-electron chi connectivity index (χ3n) is 3.97. The molecule has 0 aliphatic carbocycles. The second-order valence-corrected chi connectivity index (χ2v) is 6.08. The van der Waals surface area contributed by atoms with Crippen molar-refractivity contribution < 1.29 is 14.6 Å². The highest BCUT2D eigenvalue weighted by atomic mass is 16.5. The minimum absolute atomic E-state index is 0.0951. The van der Waals surface area contributed by atoms with Crippen LogP contribution < -0.4 is 4.90 Å². The van der Waals surface area contributed by atoms with Gasteiger partial charge in [-0.2, -0.15) is 0 Å². The number of carbonyl (C=O) groups is 1. The lowest BCUT2D eigenvalue weighted by atomic mass is 10.2. The van der Waals surface area contributed by atoms with Gasteiger partial charge in [-0.1, -0.05) is 0 Å². The molecule has 1 fully saturated rings. The Balaban J connectivity index is 1.82. The van der Waals surface area contributed by atoms with Crippen molar-refractivity contribution in [1.82, 2.24) is 20.0 Å². The fourth-order valence-corrected chi connectivity index (χ4v) is 2.58. The van der Waals surface area contributed by atoms with Crippen molar-refractivity contribution in [3.63, 3.8) is 0 Å². The minimum Gasteiger partial charge on any atom is -0.389 e. The first-order chi connectivity index (χ1) is 11.5. The van der Waals surface area contributed by atoms with Gasteiger partial charge >= 0.3 is 0 Å². The van der Waals surface area contributed by atoms with Gasteiger partial charge in [-0.15, -0.1) is 10.2 Å². The number of aliphatic hydroxyl groups is 1. The van der Waals surface area contributed by atoms with E-state index >= 15 is 0 Å². The Morgan fingerprint density at radius 2 is 2.00 bits per heavy atom. The molecular weight excluding hydrogens is 310 g/mol. The summed E-state index contributed by atoms with van der Waals surface area (Å²) < 4.78 is 5.22. The van der Waals surface area contributed by atoms with Gasteiger partial charge in [0.05, 0.1) is 12.7 Å². The fourth-order valence-electron chi connectivity index (χ4n) is 2.58. The van der Waals surface area contributed by atoms with Gasteiger partial charge in [0.2, 0.25) is 0 Å². The third-order valence-corrected chi connectivity index (χ3v) is 3.97. The number of carbonyl (C=O) groups excluding carboxylic acids is 1. The maximum Gasteiger partial charge on any atom is 0.274 e. The Morgan fingerprint density at radius 1 is 1.29 bits per heavy atom. The molecule has 1 aliphatic rings. The summed E-state index contributed by atoms with van der Waals surface area (Å²) in [6.45, 7) is 6.14. The van der Waals surface area contributed by atoms with E-state index in [1.807, 2.05) is 25.9 Å². The Morgan fingerprint density at radius 3 is 2.54 bits per heavy atom. The van der Waals surface area contributed by atoms with E-state index in [-0.39, 0.29) is 5.91 Å². The van der Waals surface area contributed by atoms with Crippen molar-refractivity contribution >= 4 is 11.7 Å². The Hall–Kier alpha value is -1.77. The highest BCUT2D eigenvalue weighted by molar-refractivity contribution is 5.92. The quantitative estimate of drug-likeness (QED) is 0.731. The summed E-state index contributed by atoms with van der Waals surface area (Å²) in [5.41, 5.74) is 0.366. The Kier molecular flexibility index (Phi) is 6.89. The molecule has 2 rings (SSSR count). The lowest BCUT2D eigenvalue weighted by molar-refractivity contribution is 0.0110. The molecule has 1 saturated heterocycles. The van der Waals surface area contributed by atoms with Gasteiger partial charge in [0.1, 0.15) is 0 Å². The van der Waals surface area contributed by atoms with Crippen LogP contribution in [0.3, 0.4) is 0 Å². The van der Waals surface area contributed by atoms with E-state index in [0.717, 1.165) is 18.9 Å². The number of anilines is 1. The predicted octanol–water partition coefficient (Wildman–Crippen LogP) is -0.302. The summed E-state index contributed by atoms with van der Waals surface area (Å²) in [4.78, 5) is 18.2. The molecule has 24 heavy (non-hydrogen) atoms. The summed E-state index contributed by atoms with van der Waals surface area (Å²) in [6.07, 6.45) is -0.489. The predicted molar refractivity (Wildman–Crippen MR) is 91.2 cm³/mol. The van der Waals surface area contributed by atoms with Gasteiger partial charge < -0.3 is 19.6 Å². The van der Waals surface area contributed by atoms with E-state index in [4.69, 9.17) is 4.74 Å². The van der Waals surface area contributed by atoms with Crippen molar-refractivity contribution in [3.8, 4) is 0 Å². The average molecular weight is 337 g/mol. The zero-order valence-corrected chi connectivity index (χ0v) is 14.7. The topological polar surface area (TPSA) is 82.0 Å². The van der Waals surface area contributed by atoms with Crippen LogP contribution in [-0.4, -0.2) is 97.1 Å². The number of hydrogen-bond acceptors (Lipinski definition) is 7. The average Bonchev–Trinajstić information content (AvgIpc) is 2.60. The molecule has 134 valence electrons. The van der Waals surface area contributed by atoms with Crippen LogP contribution in [0, 0.1) is 0 Å². The molecule has 1 atom stereocenters. The monoisotopic (exact) mass is 337 g/mol. The molecule has 1 aliphatic heterocycles. The molecule has 1 aromatic rings. The van der Waals surface area contributed by atoms with E-state index in [1.165, 1.54) is 0 Å². The van der Waals surface area contributed by atoms with Crippen molar-refractivity contribution in [1.29, 1.82) is 0 Å². The van der Waals surface area contributed by atoms with Gasteiger partial charge in [0, 0.05) is 53.4 Å². The van der Waals surface area contributed by atoms with Crippen molar-refractivity contribution in [3.05, 3.63) is 17.8 Å². The smallest absolute Gasteiger partial charge is 0.274 e. The van der Waals surface area contributed by atoms with E-state index in [9.17, 15) is 9.90 Å². The number of rotatable bonds is 7. The molecule has 0 radical (unpaired) electrons. The van der Waals surface area contributed by atoms with Crippen LogP contribution in [0.1, 0.15) is 17.4 Å².